The van der Waals surface area contributed by atoms with Gasteiger partial charge in [-0.2, -0.15) is 4.31 Å². The number of sulfonamides is 1. The highest BCUT2D eigenvalue weighted by Crippen LogP contribution is 2.31. The number of hydrogen-bond acceptors (Lipinski definition) is 2. The summed E-state index contributed by atoms with van der Waals surface area (Å²) in [4.78, 5) is 0.419. The van der Waals surface area contributed by atoms with E-state index in [-0.39, 0.29) is 0 Å². The van der Waals surface area contributed by atoms with Gasteiger partial charge in [0.25, 0.3) is 0 Å². The third kappa shape index (κ3) is 3.12. The molecule has 0 aliphatic heterocycles. The number of aryl methyl sites for hydroxylation is 1. The number of nitrogens with zero attached hydrogens (tertiary/aromatic N) is 1. The van der Waals surface area contributed by atoms with Crippen molar-refractivity contribution in [3.63, 3.8) is 0 Å². The minimum absolute atomic E-state index is 0.419. The molecule has 18 heavy (non-hydrogen) atoms. The quantitative estimate of drug-likeness (QED) is 0.795. The topological polar surface area (TPSA) is 37.4 Å². The van der Waals surface area contributed by atoms with Crippen LogP contribution in [-0.2, 0) is 10.0 Å². The van der Waals surface area contributed by atoms with E-state index >= 15 is 0 Å². The van der Waals surface area contributed by atoms with Crippen LogP contribution < -0.4 is 0 Å². The summed E-state index contributed by atoms with van der Waals surface area (Å²) in [5.41, 5.74) is 1.08. The van der Waals surface area contributed by atoms with E-state index in [9.17, 15) is 8.42 Å². The zero-order valence-corrected chi connectivity index (χ0v) is 11.9. The molecule has 0 unspecified atom stereocenters. The van der Waals surface area contributed by atoms with Gasteiger partial charge in [-0.3, -0.25) is 0 Å². The molecule has 2 rings (SSSR count). The van der Waals surface area contributed by atoms with E-state index in [2.05, 4.69) is 0 Å². The molecule has 1 aromatic rings. The van der Waals surface area contributed by atoms with Gasteiger partial charge in [0.15, 0.2) is 0 Å². The van der Waals surface area contributed by atoms with Crippen LogP contribution in [0, 0.1) is 12.8 Å². The Morgan fingerprint density at radius 3 is 2.33 bits per heavy atom. The fraction of sp³-hybridized carbons (Fsp3) is 0.571. The van der Waals surface area contributed by atoms with Crippen LogP contribution in [0.2, 0.25) is 0 Å². The molecule has 1 aliphatic rings. The minimum atomic E-state index is -3.30. The molecule has 0 heterocycles. The maximum absolute atomic E-state index is 12.5. The van der Waals surface area contributed by atoms with Gasteiger partial charge in [0.05, 0.1) is 4.90 Å². The Hall–Kier alpha value is -0.870. The predicted octanol–water partition coefficient (Wildman–Crippen LogP) is 2.81. The summed E-state index contributed by atoms with van der Waals surface area (Å²) in [5.74, 6) is 0.580. The zero-order chi connectivity index (χ0) is 13.2. The summed E-state index contributed by atoms with van der Waals surface area (Å²) in [7, 11) is -3.30. The van der Waals surface area contributed by atoms with E-state index < -0.39 is 10.0 Å². The molecule has 1 aromatic carbocycles. The van der Waals surface area contributed by atoms with Crippen LogP contribution in [0.25, 0.3) is 0 Å². The normalized spacial score (nSPS) is 16.2. The first-order chi connectivity index (χ1) is 8.54. The Balaban J connectivity index is 2.22. The molecule has 1 aliphatic carbocycles. The predicted molar refractivity (Wildman–Crippen MR) is 73.0 cm³/mol. The minimum Gasteiger partial charge on any atom is -0.207 e. The van der Waals surface area contributed by atoms with Gasteiger partial charge < -0.3 is 0 Å². The lowest BCUT2D eigenvalue weighted by Crippen LogP contribution is -2.33. The smallest absolute Gasteiger partial charge is 0.207 e. The van der Waals surface area contributed by atoms with Crippen molar-refractivity contribution in [2.45, 2.75) is 38.0 Å². The summed E-state index contributed by atoms with van der Waals surface area (Å²) in [6.07, 6.45) is 3.20. The molecule has 0 N–H and O–H groups in total. The molecule has 0 amide bonds. The molecule has 1 fully saturated rings. The zero-order valence-electron chi connectivity index (χ0n) is 11.1. The van der Waals surface area contributed by atoms with E-state index in [1.54, 1.807) is 16.4 Å². The van der Waals surface area contributed by atoms with Crippen molar-refractivity contribution in [1.29, 1.82) is 0 Å². The van der Waals surface area contributed by atoms with Crippen molar-refractivity contribution in [3.05, 3.63) is 29.8 Å². The Morgan fingerprint density at radius 2 is 1.83 bits per heavy atom. The SMILES string of the molecule is CCCN(CC1CC1)S(=O)(=O)c1ccc(C)cc1. The summed E-state index contributed by atoms with van der Waals surface area (Å²) in [5, 5.41) is 0. The van der Waals surface area contributed by atoms with E-state index in [0.29, 0.717) is 23.9 Å². The number of hydrogen-bond donors (Lipinski definition) is 0. The molecule has 0 aromatic heterocycles. The molecular formula is C14H21NO2S. The van der Waals surface area contributed by atoms with Gasteiger partial charge in [0.2, 0.25) is 10.0 Å². The Kier molecular flexibility index (Phi) is 4.07. The fourth-order valence-corrected chi connectivity index (χ4v) is 3.61. The van der Waals surface area contributed by atoms with Crippen LogP contribution in [0.1, 0.15) is 31.7 Å². The van der Waals surface area contributed by atoms with Crippen molar-refractivity contribution >= 4 is 10.0 Å². The molecule has 3 nitrogen and oxygen atoms in total. The number of rotatable bonds is 6. The lowest BCUT2D eigenvalue weighted by atomic mass is 10.2. The van der Waals surface area contributed by atoms with Gasteiger partial charge in [0, 0.05) is 13.1 Å². The van der Waals surface area contributed by atoms with E-state index in [0.717, 1.165) is 12.0 Å². The van der Waals surface area contributed by atoms with E-state index in [4.69, 9.17) is 0 Å². The maximum Gasteiger partial charge on any atom is 0.243 e. The average Bonchev–Trinajstić information content (AvgIpc) is 3.13. The molecule has 4 heteroatoms. The van der Waals surface area contributed by atoms with Crippen LogP contribution in [0.15, 0.2) is 29.2 Å². The van der Waals surface area contributed by atoms with E-state index in [1.165, 1.54) is 12.8 Å². The highest BCUT2D eigenvalue weighted by atomic mass is 32.2. The fourth-order valence-electron chi connectivity index (χ4n) is 2.01. The number of benzene rings is 1. The van der Waals surface area contributed by atoms with Gasteiger partial charge in [-0.05, 0) is 44.2 Å². The molecule has 100 valence electrons. The Bertz CT molecular complexity index is 489. The molecule has 0 radical (unpaired) electrons. The first-order valence-corrected chi connectivity index (χ1v) is 8.05. The van der Waals surface area contributed by atoms with Gasteiger partial charge in [-0.25, -0.2) is 8.42 Å². The van der Waals surface area contributed by atoms with Gasteiger partial charge >= 0.3 is 0 Å². The summed E-state index contributed by atoms with van der Waals surface area (Å²) in [6.45, 7) is 5.28. The third-order valence-corrected chi connectivity index (χ3v) is 5.17. The van der Waals surface area contributed by atoms with Crippen LogP contribution in [0.4, 0.5) is 0 Å². The Labute approximate surface area is 110 Å². The first-order valence-electron chi connectivity index (χ1n) is 6.61. The summed E-state index contributed by atoms with van der Waals surface area (Å²) in [6, 6.07) is 7.13. The molecule has 0 spiro atoms. The lowest BCUT2D eigenvalue weighted by Gasteiger charge is -2.21. The monoisotopic (exact) mass is 267 g/mol. The van der Waals surface area contributed by atoms with Crippen LogP contribution >= 0.6 is 0 Å². The van der Waals surface area contributed by atoms with Crippen LogP contribution in [-0.4, -0.2) is 25.8 Å². The van der Waals surface area contributed by atoms with Crippen molar-refractivity contribution in [2.24, 2.45) is 5.92 Å². The first kappa shape index (κ1) is 13.6. The van der Waals surface area contributed by atoms with Crippen LogP contribution in [0.3, 0.4) is 0 Å². The van der Waals surface area contributed by atoms with E-state index in [1.807, 2.05) is 26.0 Å². The maximum atomic E-state index is 12.5. The van der Waals surface area contributed by atoms with Crippen molar-refractivity contribution < 1.29 is 8.42 Å². The Morgan fingerprint density at radius 1 is 1.22 bits per heavy atom. The molecule has 0 saturated heterocycles. The molecule has 0 bridgehead atoms. The molecule has 0 atom stereocenters. The third-order valence-electron chi connectivity index (χ3n) is 3.29. The van der Waals surface area contributed by atoms with Crippen molar-refractivity contribution in [2.75, 3.05) is 13.1 Å². The molecule has 1 saturated carbocycles. The van der Waals surface area contributed by atoms with Gasteiger partial charge in [0.1, 0.15) is 0 Å². The highest BCUT2D eigenvalue weighted by Gasteiger charge is 2.30. The summed E-state index contributed by atoms with van der Waals surface area (Å²) < 4.78 is 26.7. The molecular weight excluding hydrogens is 246 g/mol. The second-order valence-electron chi connectivity index (χ2n) is 5.12. The van der Waals surface area contributed by atoms with Crippen molar-refractivity contribution in [1.82, 2.24) is 4.31 Å². The van der Waals surface area contributed by atoms with Gasteiger partial charge in [-0.15, -0.1) is 0 Å². The highest BCUT2D eigenvalue weighted by molar-refractivity contribution is 7.89. The van der Waals surface area contributed by atoms with Crippen molar-refractivity contribution in [3.8, 4) is 0 Å². The largest absolute Gasteiger partial charge is 0.243 e. The lowest BCUT2D eigenvalue weighted by molar-refractivity contribution is 0.395. The standard InChI is InChI=1S/C14H21NO2S/c1-3-10-15(11-13-6-7-13)18(16,17)14-8-4-12(2)5-9-14/h4-5,8-9,13H,3,6-7,10-11H2,1-2H3. The van der Waals surface area contributed by atoms with Gasteiger partial charge in [-0.1, -0.05) is 24.6 Å². The average molecular weight is 267 g/mol. The van der Waals surface area contributed by atoms with Crippen LogP contribution in [0.5, 0.6) is 0 Å². The second kappa shape index (κ2) is 5.41. The second-order valence-corrected chi connectivity index (χ2v) is 7.06. The summed E-state index contributed by atoms with van der Waals surface area (Å²) >= 11 is 0.